The number of hydrogen-bond acceptors (Lipinski definition) is 4. The van der Waals surface area contributed by atoms with Gasteiger partial charge in [-0.15, -0.1) is 0 Å². The van der Waals surface area contributed by atoms with Gasteiger partial charge < -0.3 is 15.8 Å². The molecule has 0 aliphatic carbocycles. The van der Waals surface area contributed by atoms with E-state index in [0.29, 0.717) is 23.6 Å². The van der Waals surface area contributed by atoms with Crippen LogP contribution in [0.1, 0.15) is 21.6 Å². The summed E-state index contributed by atoms with van der Waals surface area (Å²) in [5.74, 6) is 0.496. The van der Waals surface area contributed by atoms with Crippen molar-refractivity contribution >= 4 is 11.7 Å². The van der Waals surface area contributed by atoms with Gasteiger partial charge in [0.15, 0.2) is 0 Å². The van der Waals surface area contributed by atoms with Crippen LogP contribution in [0.25, 0.3) is 0 Å². The highest BCUT2D eigenvalue weighted by molar-refractivity contribution is 5.98. The fourth-order valence-electron chi connectivity index (χ4n) is 2.43. The third kappa shape index (κ3) is 4.36. The van der Waals surface area contributed by atoms with Crippen LogP contribution in [0.5, 0.6) is 11.5 Å². The zero-order valence-corrected chi connectivity index (χ0v) is 14.2. The van der Waals surface area contributed by atoms with E-state index in [1.54, 1.807) is 42.5 Å². The highest BCUT2D eigenvalue weighted by Gasteiger charge is 2.10. The minimum atomic E-state index is -0.366. The molecule has 0 fully saturated rings. The minimum Gasteiger partial charge on any atom is -0.457 e. The first-order chi connectivity index (χ1) is 12.5. The van der Waals surface area contributed by atoms with Crippen LogP contribution in [-0.2, 0) is 6.54 Å². The molecule has 0 aliphatic heterocycles. The molecule has 0 spiro atoms. The average Bonchev–Trinajstić information content (AvgIpc) is 2.60. The maximum Gasteiger partial charge on any atom is 0.255 e. The molecule has 0 unspecified atom stereocenters. The largest absolute Gasteiger partial charge is 0.457 e. The van der Waals surface area contributed by atoms with Crippen LogP contribution in [0.2, 0.25) is 0 Å². The Morgan fingerprint density at radius 1 is 1.12 bits per heavy atom. The number of amides is 1. The van der Waals surface area contributed by atoms with E-state index in [-0.39, 0.29) is 17.5 Å². The molecule has 26 heavy (non-hydrogen) atoms. The van der Waals surface area contributed by atoms with E-state index in [4.69, 9.17) is 10.5 Å². The Kier molecular flexibility index (Phi) is 5.12. The van der Waals surface area contributed by atoms with Crippen LogP contribution in [0.15, 0.2) is 60.7 Å². The van der Waals surface area contributed by atoms with E-state index >= 15 is 0 Å². The number of aromatic nitrogens is 1. The summed E-state index contributed by atoms with van der Waals surface area (Å²) >= 11 is 0. The first kappa shape index (κ1) is 17.4. The number of anilines is 1. The Morgan fingerprint density at radius 2 is 1.85 bits per heavy atom. The van der Waals surface area contributed by atoms with Crippen LogP contribution in [0.3, 0.4) is 0 Å². The number of carbonyl (C=O) groups excluding carboxylic acids is 1. The van der Waals surface area contributed by atoms with Gasteiger partial charge >= 0.3 is 0 Å². The first-order valence-corrected chi connectivity index (χ1v) is 8.05. The van der Waals surface area contributed by atoms with Crippen LogP contribution in [0, 0.1) is 12.7 Å². The van der Waals surface area contributed by atoms with Crippen molar-refractivity contribution in [2.45, 2.75) is 13.5 Å². The number of nitrogen functional groups attached to an aromatic ring is 1. The lowest BCUT2D eigenvalue weighted by Crippen LogP contribution is -2.24. The van der Waals surface area contributed by atoms with Crippen LogP contribution in [-0.4, -0.2) is 10.9 Å². The van der Waals surface area contributed by atoms with E-state index < -0.39 is 0 Å². The van der Waals surface area contributed by atoms with Crippen molar-refractivity contribution in [3.8, 4) is 11.5 Å². The predicted octanol–water partition coefficient (Wildman–Crippen LogP) is 3.83. The quantitative estimate of drug-likeness (QED) is 0.732. The smallest absolute Gasteiger partial charge is 0.255 e. The van der Waals surface area contributed by atoms with Crippen molar-refractivity contribution in [2.24, 2.45) is 0 Å². The standard InChI is InChI=1S/C20H18FN3O2/c1-13-8-9-18(19(22)24-13)20(25)23-12-14-4-2-6-16(10-14)26-17-7-3-5-15(21)11-17/h2-11H,12H2,1H3,(H2,22,24)(H,23,25). The van der Waals surface area contributed by atoms with Crippen LogP contribution < -0.4 is 15.8 Å². The number of halogens is 1. The van der Waals surface area contributed by atoms with Gasteiger partial charge in [0.1, 0.15) is 23.1 Å². The lowest BCUT2D eigenvalue weighted by Gasteiger charge is -2.10. The summed E-state index contributed by atoms with van der Waals surface area (Å²) in [5.41, 5.74) is 7.72. The van der Waals surface area contributed by atoms with E-state index in [0.717, 1.165) is 11.3 Å². The zero-order valence-electron chi connectivity index (χ0n) is 14.2. The second-order valence-corrected chi connectivity index (χ2v) is 5.77. The van der Waals surface area contributed by atoms with Crippen LogP contribution >= 0.6 is 0 Å². The van der Waals surface area contributed by atoms with E-state index in [1.165, 1.54) is 12.1 Å². The number of pyridine rings is 1. The molecule has 5 nitrogen and oxygen atoms in total. The molecule has 1 heterocycles. The van der Waals surface area contributed by atoms with Crippen molar-refractivity contribution in [2.75, 3.05) is 5.73 Å². The Hall–Kier alpha value is -3.41. The molecule has 2 aromatic carbocycles. The van der Waals surface area contributed by atoms with Gasteiger partial charge in [-0.05, 0) is 48.9 Å². The molecule has 0 aliphatic rings. The molecule has 1 aromatic heterocycles. The summed E-state index contributed by atoms with van der Waals surface area (Å²) in [6.07, 6.45) is 0. The number of hydrogen-bond donors (Lipinski definition) is 2. The van der Waals surface area contributed by atoms with Crippen molar-refractivity contribution in [3.63, 3.8) is 0 Å². The molecule has 0 saturated heterocycles. The van der Waals surface area contributed by atoms with Gasteiger partial charge in [0.05, 0.1) is 5.56 Å². The van der Waals surface area contributed by atoms with Crippen molar-refractivity contribution in [1.29, 1.82) is 0 Å². The molecule has 0 radical (unpaired) electrons. The van der Waals surface area contributed by atoms with Crippen molar-refractivity contribution < 1.29 is 13.9 Å². The highest BCUT2D eigenvalue weighted by Crippen LogP contribution is 2.23. The van der Waals surface area contributed by atoms with Crippen molar-refractivity contribution in [3.05, 3.63) is 83.3 Å². The van der Waals surface area contributed by atoms with E-state index in [1.807, 2.05) is 13.0 Å². The van der Waals surface area contributed by atoms with Crippen molar-refractivity contribution in [1.82, 2.24) is 10.3 Å². The third-order valence-electron chi connectivity index (χ3n) is 3.69. The SMILES string of the molecule is Cc1ccc(C(=O)NCc2cccc(Oc3cccc(F)c3)c2)c(N)n1. The summed E-state index contributed by atoms with van der Waals surface area (Å²) in [6.45, 7) is 2.11. The Morgan fingerprint density at radius 3 is 2.58 bits per heavy atom. The van der Waals surface area contributed by atoms with E-state index in [2.05, 4.69) is 10.3 Å². The van der Waals surface area contributed by atoms with E-state index in [9.17, 15) is 9.18 Å². The fourth-order valence-corrected chi connectivity index (χ4v) is 2.43. The molecule has 3 N–H and O–H groups in total. The van der Waals surface area contributed by atoms with Gasteiger partial charge in [0.2, 0.25) is 0 Å². The number of benzene rings is 2. The summed E-state index contributed by atoms with van der Waals surface area (Å²) in [5, 5.41) is 2.80. The Balaban J connectivity index is 1.66. The maximum absolute atomic E-state index is 13.2. The number of rotatable bonds is 5. The second kappa shape index (κ2) is 7.65. The molecule has 0 bridgehead atoms. The van der Waals surface area contributed by atoms with Gasteiger partial charge in [-0.2, -0.15) is 0 Å². The van der Waals surface area contributed by atoms with Gasteiger partial charge in [-0.25, -0.2) is 9.37 Å². The summed E-state index contributed by atoms with van der Waals surface area (Å²) in [4.78, 5) is 16.3. The van der Waals surface area contributed by atoms with Gasteiger partial charge in [-0.1, -0.05) is 18.2 Å². The highest BCUT2D eigenvalue weighted by atomic mass is 19.1. The minimum absolute atomic E-state index is 0.200. The molecule has 0 atom stereocenters. The third-order valence-corrected chi connectivity index (χ3v) is 3.69. The zero-order chi connectivity index (χ0) is 18.5. The summed E-state index contributed by atoms with van der Waals surface area (Å²) in [6, 6.07) is 16.5. The molecular weight excluding hydrogens is 333 g/mol. The molecule has 132 valence electrons. The fraction of sp³-hybridized carbons (Fsp3) is 0.100. The predicted molar refractivity (Wildman–Crippen MR) is 97.5 cm³/mol. The topological polar surface area (TPSA) is 77.2 Å². The molecule has 1 amide bonds. The summed E-state index contributed by atoms with van der Waals surface area (Å²) < 4.78 is 18.9. The normalized spacial score (nSPS) is 10.4. The number of aryl methyl sites for hydroxylation is 1. The number of carbonyl (C=O) groups is 1. The van der Waals surface area contributed by atoms with Crippen LogP contribution in [0.4, 0.5) is 10.2 Å². The number of nitrogens with two attached hydrogens (primary N) is 1. The number of ether oxygens (including phenoxy) is 1. The lowest BCUT2D eigenvalue weighted by molar-refractivity contribution is 0.0951. The Labute approximate surface area is 150 Å². The average molecular weight is 351 g/mol. The maximum atomic E-state index is 13.2. The van der Waals surface area contributed by atoms with Gasteiger partial charge in [-0.3, -0.25) is 4.79 Å². The van der Waals surface area contributed by atoms with Gasteiger partial charge in [0.25, 0.3) is 5.91 Å². The summed E-state index contributed by atoms with van der Waals surface area (Å²) in [7, 11) is 0. The first-order valence-electron chi connectivity index (χ1n) is 8.05. The Bertz CT molecular complexity index is 944. The molecule has 3 aromatic rings. The molecular formula is C20H18FN3O2. The monoisotopic (exact) mass is 351 g/mol. The molecule has 3 rings (SSSR count). The number of nitrogens with one attached hydrogen (secondary N) is 1. The number of nitrogens with zero attached hydrogens (tertiary/aromatic N) is 1. The van der Waals surface area contributed by atoms with Gasteiger partial charge in [0, 0.05) is 18.3 Å². The second-order valence-electron chi connectivity index (χ2n) is 5.77. The molecule has 0 saturated carbocycles. The molecule has 6 heteroatoms. The lowest BCUT2D eigenvalue weighted by atomic mass is 10.2.